The highest BCUT2D eigenvalue weighted by atomic mass is 16.2. The highest BCUT2D eigenvalue weighted by Gasteiger charge is 2.01. The molecule has 0 aromatic carbocycles. The van der Waals surface area contributed by atoms with Gasteiger partial charge in [-0.15, -0.1) is 0 Å². The summed E-state index contributed by atoms with van der Waals surface area (Å²) in [4.78, 5) is 43.6. The second kappa shape index (κ2) is 13.7. The van der Waals surface area contributed by atoms with E-state index in [1.165, 1.54) is 0 Å². The number of nitrogens with two attached hydrogens (primary N) is 2. The zero-order valence-electron chi connectivity index (χ0n) is 13.4. The summed E-state index contributed by atoms with van der Waals surface area (Å²) >= 11 is 0. The fourth-order valence-corrected chi connectivity index (χ4v) is 1.48. The molecule has 0 aromatic heterocycles. The van der Waals surface area contributed by atoms with Gasteiger partial charge in [0, 0.05) is 39.3 Å². The maximum atomic E-state index is 11.4. The molecule has 24 heavy (non-hydrogen) atoms. The van der Waals surface area contributed by atoms with E-state index in [9.17, 15) is 19.2 Å². The molecule has 0 saturated carbocycles. The fraction of sp³-hybridized carbons (Fsp3) is 0.667. The first-order valence-electron chi connectivity index (χ1n) is 7.52. The number of hydrogen-bond donors (Lipinski definition) is 8. The van der Waals surface area contributed by atoms with Crippen LogP contribution in [0.3, 0.4) is 0 Å². The summed E-state index contributed by atoms with van der Waals surface area (Å²) in [6.45, 7) is 2.07. The third-order valence-corrected chi connectivity index (χ3v) is 2.57. The molecule has 0 unspecified atom stereocenters. The summed E-state index contributed by atoms with van der Waals surface area (Å²) in [5.74, 6) is 0. The fourth-order valence-electron chi connectivity index (χ4n) is 1.48. The molecule has 0 bridgehead atoms. The number of carbonyl (C=O) groups is 4. The van der Waals surface area contributed by atoms with Gasteiger partial charge in [-0.1, -0.05) is 0 Å². The minimum atomic E-state index is -0.604. The van der Waals surface area contributed by atoms with Crippen LogP contribution < -0.4 is 43.4 Å². The lowest BCUT2D eigenvalue weighted by Gasteiger charge is -2.09. The van der Waals surface area contributed by atoms with Crippen LogP contribution in [-0.4, -0.2) is 63.4 Å². The van der Waals surface area contributed by atoms with Crippen molar-refractivity contribution in [2.24, 2.45) is 11.5 Å². The lowest BCUT2D eigenvalue weighted by atomic mass is 10.4. The Balaban J connectivity index is 3.40. The van der Waals surface area contributed by atoms with Crippen LogP contribution in [-0.2, 0) is 0 Å². The molecule has 8 amide bonds. The van der Waals surface area contributed by atoms with Crippen LogP contribution in [0.4, 0.5) is 19.2 Å². The van der Waals surface area contributed by atoms with Crippen molar-refractivity contribution in [3.05, 3.63) is 0 Å². The number of hydrogen-bond acceptors (Lipinski definition) is 4. The highest BCUT2D eigenvalue weighted by molar-refractivity contribution is 5.75. The smallest absolute Gasteiger partial charge is 0.314 e. The summed E-state index contributed by atoms with van der Waals surface area (Å²) < 4.78 is 0. The molecule has 0 rings (SSSR count). The SMILES string of the molecule is NC(=O)NCCCNC(=O)NCCNC(=O)NCCCNC(N)=O. The average Bonchev–Trinajstić information content (AvgIpc) is 2.50. The molecule has 138 valence electrons. The molecule has 0 aliphatic rings. The van der Waals surface area contributed by atoms with Gasteiger partial charge in [0.15, 0.2) is 0 Å². The van der Waals surface area contributed by atoms with Gasteiger partial charge in [0.25, 0.3) is 0 Å². The Labute approximate surface area is 139 Å². The predicted molar refractivity (Wildman–Crippen MR) is 87.2 cm³/mol. The maximum absolute atomic E-state index is 11.4. The Morgan fingerprint density at radius 3 is 1.12 bits per heavy atom. The molecule has 0 spiro atoms. The van der Waals surface area contributed by atoms with Gasteiger partial charge in [0.1, 0.15) is 0 Å². The van der Waals surface area contributed by atoms with E-state index in [-0.39, 0.29) is 25.2 Å². The molecular formula is C12H26N8O4. The van der Waals surface area contributed by atoms with E-state index >= 15 is 0 Å². The average molecular weight is 346 g/mol. The zero-order valence-corrected chi connectivity index (χ0v) is 13.4. The van der Waals surface area contributed by atoms with Gasteiger partial charge >= 0.3 is 24.1 Å². The lowest BCUT2D eigenvalue weighted by molar-refractivity contribution is 0.236. The maximum Gasteiger partial charge on any atom is 0.314 e. The molecule has 12 heteroatoms. The van der Waals surface area contributed by atoms with Crippen molar-refractivity contribution < 1.29 is 19.2 Å². The number of rotatable bonds is 11. The Morgan fingerprint density at radius 2 is 0.792 bits per heavy atom. The van der Waals surface area contributed by atoms with Gasteiger partial charge in [-0.3, -0.25) is 0 Å². The number of amides is 8. The summed E-state index contributed by atoms with van der Waals surface area (Å²) in [6, 6.07) is -1.94. The largest absolute Gasteiger partial charge is 0.352 e. The molecular weight excluding hydrogens is 320 g/mol. The zero-order chi connectivity index (χ0) is 18.2. The van der Waals surface area contributed by atoms with Crippen LogP contribution in [0.2, 0.25) is 0 Å². The van der Waals surface area contributed by atoms with Crippen LogP contribution in [0, 0.1) is 0 Å². The van der Waals surface area contributed by atoms with E-state index in [0.717, 1.165) is 0 Å². The molecule has 10 N–H and O–H groups in total. The number of carbonyl (C=O) groups excluding carboxylic acids is 4. The standard InChI is InChI=1S/C12H26N8O4/c13-9(21)15-3-1-5-17-11(23)19-7-8-20-12(24)18-6-2-4-16-10(14)22/h1-8H2,(H3,13,15,21)(H3,14,16,22)(H2,17,19,23)(H2,18,20,24). The van der Waals surface area contributed by atoms with E-state index in [2.05, 4.69) is 31.9 Å². The second-order valence-electron chi connectivity index (χ2n) is 4.65. The summed E-state index contributed by atoms with van der Waals surface area (Å²) in [7, 11) is 0. The Morgan fingerprint density at radius 1 is 0.500 bits per heavy atom. The molecule has 0 atom stereocenters. The molecule has 12 nitrogen and oxygen atoms in total. The molecule has 0 fully saturated rings. The molecule has 0 saturated heterocycles. The van der Waals surface area contributed by atoms with E-state index in [4.69, 9.17) is 11.5 Å². The summed E-state index contributed by atoms with van der Waals surface area (Å²) in [5, 5.41) is 15.1. The predicted octanol–water partition coefficient (Wildman–Crippen LogP) is -2.30. The lowest BCUT2D eigenvalue weighted by Crippen LogP contribution is -2.43. The Bertz CT molecular complexity index is 380. The summed E-state index contributed by atoms with van der Waals surface area (Å²) in [5.41, 5.74) is 9.77. The molecule has 0 radical (unpaired) electrons. The topological polar surface area (TPSA) is 192 Å². The van der Waals surface area contributed by atoms with Crippen molar-refractivity contribution in [3.8, 4) is 0 Å². The van der Waals surface area contributed by atoms with Crippen molar-refractivity contribution in [3.63, 3.8) is 0 Å². The van der Waals surface area contributed by atoms with Crippen molar-refractivity contribution in [2.45, 2.75) is 12.8 Å². The highest BCUT2D eigenvalue weighted by Crippen LogP contribution is 1.75. The van der Waals surface area contributed by atoms with Gasteiger partial charge in [0.2, 0.25) is 0 Å². The van der Waals surface area contributed by atoms with Gasteiger partial charge in [-0.25, -0.2) is 19.2 Å². The minimum absolute atomic E-state index is 0.266. The monoisotopic (exact) mass is 346 g/mol. The Hall–Kier alpha value is -2.92. The Kier molecular flexibility index (Phi) is 12.1. The van der Waals surface area contributed by atoms with Crippen LogP contribution in [0.25, 0.3) is 0 Å². The molecule has 0 aliphatic carbocycles. The minimum Gasteiger partial charge on any atom is -0.352 e. The van der Waals surface area contributed by atoms with Gasteiger partial charge in [-0.2, -0.15) is 0 Å². The van der Waals surface area contributed by atoms with Crippen LogP contribution in [0.15, 0.2) is 0 Å². The number of urea groups is 4. The van der Waals surface area contributed by atoms with Crippen LogP contribution in [0.5, 0.6) is 0 Å². The van der Waals surface area contributed by atoms with Crippen molar-refractivity contribution in [1.29, 1.82) is 0 Å². The number of primary amides is 2. The van der Waals surface area contributed by atoms with E-state index in [1.807, 2.05) is 0 Å². The van der Waals surface area contributed by atoms with E-state index in [1.54, 1.807) is 0 Å². The van der Waals surface area contributed by atoms with Crippen molar-refractivity contribution >= 4 is 24.1 Å². The third-order valence-electron chi connectivity index (χ3n) is 2.57. The third kappa shape index (κ3) is 15.5. The second-order valence-corrected chi connectivity index (χ2v) is 4.65. The number of nitrogens with one attached hydrogen (secondary N) is 6. The normalized spacial score (nSPS) is 9.50. The van der Waals surface area contributed by atoms with Crippen molar-refractivity contribution in [1.82, 2.24) is 31.9 Å². The first-order chi connectivity index (χ1) is 11.4. The van der Waals surface area contributed by atoms with Gasteiger partial charge < -0.3 is 43.4 Å². The van der Waals surface area contributed by atoms with Crippen molar-refractivity contribution in [2.75, 3.05) is 39.3 Å². The van der Waals surface area contributed by atoms with E-state index < -0.39 is 12.1 Å². The first kappa shape index (κ1) is 21.1. The van der Waals surface area contributed by atoms with Gasteiger partial charge in [-0.05, 0) is 12.8 Å². The van der Waals surface area contributed by atoms with Crippen LogP contribution in [0.1, 0.15) is 12.8 Å². The summed E-state index contributed by atoms with van der Waals surface area (Å²) in [6.07, 6.45) is 1.11. The quantitative estimate of drug-likeness (QED) is 0.195. The van der Waals surface area contributed by atoms with Gasteiger partial charge in [0.05, 0.1) is 0 Å². The van der Waals surface area contributed by atoms with Crippen LogP contribution >= 0.6 is 0 Å². The van der Waals surface area contributed by atoms with E-state index in [0.29, 0.717) is 39.0 Å². The molecule has 0 heterocycles. The molecule has 0 aliphatic heterocycles. The molecule has 0 aromatic rings. The first-order valence-corrected chi connectivity index (χ1v) is 7.52.